The maximum Gasteiger partial charge on any atom is 0.323 e. The molecule has 0 spiro atoms. The molecule has 2 amide bonds. The molecule has 0 aliphatic heterocycles. The molecule has 116 valence electrons. The van der Waals surface area contributed by atoms with Crippen molar-refractivity contribution in [1.82, 2.24) is 9.78 Å². The first kappa shape index (κ1) is 15.8. The van der Waals surface area contributed by atoms with E-state index in [1.54, 1.807) is 24.3 Å². The second kappa shape index (κ2) is 6.43. The van der Waals surface area contributed by atoms with Gasteiger partial charge in [-0.3, -0.25) is 9.48 Å². The Bertz CT molecular complexity index is 702. The van der Waals surface area contributed by atoms with Crippen LogP contribution in [0.15, 0.2) is 24.3 Å². The predicted octanol–water partition coefficient (Wildman–Crippen LogP) is 3.37. The highest BCUT2D eigenvalue weighted by Crippen LogP contribution is 2.19. The molecule has 0 atom stereocenters. The third kappa shape index (κ3) is 3.33. The Labute approximate surface area is 129 Å². The number of carbonyl (C=O) groups excluding carboxylic acids is 2. The summed E-state index contributed by atoms with van der Waals surface area (Å²) < 4.78 is 1.84. The molecule has 0 saturated carbocycles. The number of aromatic nitrogens is 2. The van der Waals surface area contributed by atoms with Crippen molar-refractivity contribution < 1.29 is 9.59 Å². The number of rotatable bonds is 4. The molecule has 0 saturated heterocycles. The number of aryl methyl sites for hydroxylation is 2. The summed E-state index contributed by atoms with van der Waals surface area (Å²) in [6, 6.07) is 6.43. The molecule has 0 aliphatic rings. The normalized spacial score (nSPS) is 10.4. The highest BCUT2D eigenvalue weighted by molar-refractivity contribution is 6.01. The lowest BCUT2D eigenvalue weighted by molar-refractivity contribution is 0.101. The van der Waals surface area contributed by atoms with Gasteiger partial charge in [-0.2, -0.15) is 5.10 Å². The Morgan fingerprint density at radius 1 is 1.14 bits per heavy atom. The first-order chi connectivity index (χ1) is 10.4. The van der Waals surface area contributed by atoms with Crippen LogP contribution in [0.3, 0.4) is 0 Å². The first-order valence-corrected chi connectivity index (χ1v) is 7.15. The molecule has 1 aromatic carbocycles. The Balaban J connectivity index is 2.07. The zero-order valence-corrected chi connectivity index (χ0v) is 13.2. The van der Waals surface area contributed by atoms with Gasteiger partial charge in [-0.1, -0.05) is 0 Å². The van der Waals surface area contributed by atoms with E-state index in [0.717, 1.165) is 23.6 Å². The highest BCUT2D eigenvalue weighted by atomic mass is 16.2. The molecular formula is C16H20N4O2. The SMILES string of the molecule is CCn1nc(C)c(NC(=O)Nc2ccc(C(C)=O)cc2)c1C. The monoisotopic (exact) mass is 300 g/mol. The molecule has 0 unspecified atom stereocenters. The maximum atomic E-state index is 12.1. The van der Waals surface area contributed by atoms with Crippen LogP contribution in [0, 0.1) is 13.8 Å². The van der Waals surface area contributed by atoms with Crippen LogP contribution in [-0.2, 0) is 6.54 Å². The van der Waals surface area contributed by atoms with Gasteiger partial charge in [0.1, 0.15) is 0 Å². The van der Waals surface area contributed by atoms with E-state index in [1.807, 2.05) is 25.5 Å². The lowest BCUT2D eigenvalue weighted by Gasteiger charge is -2.08. The second-order valence-electron chi connectivity index (χ2n) is 5.07. The summed E-state index contributed by atoms with van der Waals surface area (Å²) in [4.78, 5) is 23.3. The molecule has 6 heteroatoms. The zero-order valence-electron chi connectivity index (χ0n) is 13.2. The van der Waals surface area contributed by atoms with E-state index in [1.165, 1.54) is 6.92 Å². The van der Waals surface area contributed by atoms with Crippen LogP contribution in [0.2, 0.25) is 0 Å². The summed E-state index contributed by atoms with van der Waals surface area (Å²) in [5, 5.41) is 9.92. The van der Waals surface area contributed by atoms with Crippen molar-refractivity contribution in [2.75, 3.05) is 10.6 Å². The van der Waals surface area contributed by atoms with E-state index in [-0.39, 0.29) is 11.8 Å². The van der Waals surface area contributed by atoms with Crippen molar-refractivity contribution >= 4 is 23.2 Å². The van der Waals surface area contributed by atoms with Crippen LogP contribution < -0.4 is 10.6 Å². The van der Waals surface area contributed by atoms with E-state index < -0.39 is 0 Å². The summed E-state index contributed by atoms with van der Waals surface area (Å²) in [5.41, 5.74) is 3.66. The van der Waals surface area contributed by atoms with Gasteiger partial charge in [-0.25, -0.2) is 4.79 Å². The average Bonchev–Trinajstić information content (AvgIpc) is 2.75. The van der Waals surface area contributed by atoms with Crippen LogP contribution in [-0.4, -0.2) is 21.6 Å². The largest absolute Gasteiger partial charge is 0.323 e. The minimum absolute atomic E-state index is 0.00534. The fourth-order valence-corrected chi connectivity index (χ4v) is 2.25. The molecule has 0 bridgehead atoms. The van der Waals surface area contributed by atoms with Crippen LogP contribution in [0.25, 0.3) is 0 Å². The topological polar surface area (TPSA) is 76.0 Å². The second-order valence-corrected chi connectivity index (χ2v) is 5.07. The van der Waals surface area contributed by atoms with Crippen LogP contribution in [0.5, 0.6) is 0 Å². The van der Waals surface area contributed by atoms with Crippen molar-refractivity contribution in [2.45, 2.75) is 34.2 Å². The fraction of sp³-hybridized carbons (Fsp3) is 0.312. The Kier molecular flexibility index (Phi) is 4.60. The summed E-state index contributed by atoms with van der Waals surface area (Å²) in [5.74, 6) is -0.00534. The Morgan fingerprint density at radius 3 is 2.27 bits per heavy atom. The molecule has 0 aliphatic carbocycles. The molecule has 1 aromatic heterocycles. The Hall–Kier alpha value is -2.63. The van der Waals surface area contributed by atoms with Crippen molar-refractivity contribution in [3.63, 3.8) is 0 Å². The van der Waals surface area contributed by atoms with Gasteiger partial charge < -0.3 is 10.6 Å². The van der Waals surface area contributed by atoms with Gasteiger partial charge in [0.2, 0.25) is 0 Å². The molecular weight excluding hydrogens is 280 g/mol. The minimum Gasteiger partial charge on any atom is -0.308 e. The van der Waals surface area contributed by atoms with Crippen LogP contribution in [0.4, 0.5) is 16.2 Å². The van der Waals surface area contributed by atoms with Gasteiger partial charge in [-0.05, 0) is 52.0 Å². The average molecular weight is 300 g/mol. The van der Waals surface area contributed by atoms with Crippen LogP contribution >= 0.6 is 0 Å². The van der Waals surface area contributed by atoms with Crippen LogP contribution in [0.1, 0.15) is 35.6 Å². The molecule has 6 nitrogen and oxygen atoms in total. The quantitative estimate of drug-likeness (QED) is 0.850. The maximum absolute atomic E-state index is 12.1. The molecule has 22 heavy (non-hydrogen) atoms. The predicted molar refractivity (Wildman–Crippen MR) is 86.5 cm³/mol. The van der Waals surface area contributed by atoms with Gasteiger partial charge >= 0.3 is 6.03 Å². The lowest BCUT2D eigenvalue weighted by Crippen LogP contribution is -2.20. The van der Waals surface area contributed by atoms with E-state index in [0.29, 0.717) is 11.3 Å². The number of nitrogens with zero attached hydrogens (tertiary/aromatic N) is 2. The summed E-state index contributed by atoms with van der Waals surface area (Å²) in [6.45, 7) is 8.03. The molecule has 2 aromatic rings. The fourth-order valence-electron chi connectivity index (χ4n) is 2.25. The third-order valence-electron chi connectivity index (χ3n) is 3.47. The van der Waals surface area contributed by atoms with Crippen molar-refractivity contribution in [2.24, 2.45) is 0 Å². The standard InChI is InChI=1S/C16H20N4O2/c1-5-20-11(3)15(10(2)19-20)18-16(22)17-14-8-6-13(7-9-14)12(4)21/h6-9H,5H2,1-4H3,(H2,17,18,22). The van der Waals surface area contributed by atoms with E-state index >= 15 is 0 Å². The number of hydrogen-bond donors (Lipinski definition) is 2. The number of anilines is 2. The number of nitrogens with one attached hydrogen (secondary N) is 2. The summed E-state index contributed by atoms with van der Waals surface area (Å²) in [7, 11) is 0. The lowest BCUT2D eigenvalue weighted by atomic mass is 10.1. The zero-order chi connectivity index (χ0) is 16.3. The number of urea groups is 1. The molecule has 0 fully saturated rings. The van der Waals surface area contributed by atoms with Crippen molar-refractivity contribution in [3.8, 4) is 0 Å². The molecule has 1 heterocycles. The van der Waals surface area contributed by atoms with Gasteiger partial charge in [0.05, 0.1) is 17.1 Å². The van der Waals surface area contributed by atoms with E-state index in [2.05, 4.69) is 15.7 Å². The smallest absolute Gasteiger partial charge is 0.308 e. The first-order valence-electron chi connectivity index (χ1n) is 7.15. The van der Waals surface area contributed by atoms with Gasteiger partial charge in [0.25, 0.3) is 0 Å². The molecule has 0 radical (unpaired) electrons. The van der Waals surface area contributed by atoms with E-state index in [4.69, 9.17) is 0 Å². The Morgan fingerprint density at radius 2 is 1.77 bits per heavy atom. The molecule has 2 N–H and O–H groups in total. The number of Topliss-reactive ketones (excluding diaryl/α,β-unsaturated/α-hetero) is 1. The molecule has 2 rings (SSSR count). The van der Waals surface area contributed by atoms with Crippen molar-refractivity contribution in [1.29, 1.82) is 0 Å². The van der Waals surface area contributed by atoms with Gasteiger partial charge in [0, 0.05) is 17.8 Å². The van der Waals surface area contributed by atoms with Crippen molar-refractivity contribution in [3.05, 3.63) is 41.2 Å². The summed E-state index contributed by atoms with van der Waals surface area (Å²) >= 11 is 0. The minimum atomic E-state index is -0.336. The number of amides is 2. The highest BCUT2D eigenvalue weighted by Gasteiger charge is 2.13. The number of benzene rings is 1. The number of carbonyl (C=O) groups is 2. The number of ketones is 1. The number of hydrogen-bond acceptors (Lipinski definition) is 3. The third-order valence-corrected chi connectivity index (χ3v) is 3.47. The summed E-state index contributed by atoms with van der Waals surface area (Å²) in [6.07, 6.45) is 0. The van der Waals surface area contributed by atoms with E-state index in [9.17, 15) is 9.59 Å². The van der Waals surface area contributed by atoms with Gasteiger partial charge in [0.15, 0.2) is 5.78 Å². The van der Waals surface area contributed by atoms with Gasteiger partial charge in [-0.15, -0.1) is 0 Å².